The maximum absolute atomic E-state index is 13.7. The van der Waals surface area contributed by atoms with E-state index in [1.54, 1.807) is 18.3 Å². The van der Waals surface area contributed by atoms with Gasteiger partial charge >= 0.3 is 0 Å². The Labute approximate surface area is 147 Å². The molecule has 0 bridgehead atoms. The predicted octanol–water partition coefficient (Wildman–Crippen LogP) is 3.66. The minimum Gasteiger partial charge on any atom is -0.266 e. The molecular formula is C16H12ClF2N3O2S. The third kappa shape index (κ3) is 3.97. The number of hydrogen-bond acceptors (Lipinski definition) is 3. The fourth-order valence-electron chi connectivity index (χ4n) is 2.18. The van der Waals surface area contributed by atoms with E-state index in [1.807, 2.05) is 12.1 Å². The maximum atomic E-state index is 13.7. The Morgan fingerprint density at radius 3 is 2.64 bits per heavy atom. The highest BCUT2D eigenvalue weighted by Gasteiger charge is 2.21. The van der Waals surface area contributed by atoms with Crippen molar-refractivity contribution in [2.45, 2.75) is 11.4 Å². The fraction of sp³-hybridized carbons (Fsp3) is 0.0625. The van der Waals surface area contributed by atoms with Gasteiger partial charge in [0.1, 0.15) is 16.5 Å². The number of nitrogens with zero attached hydrogens (tertiary/aromatic N) is 2. The summed E-state index contributed by atoms with van der Waals surface area (Å²) in [5, 5.41) is 4.62. The Morgan fingerprint density at radius 2 is 1.88 bits per heavy atom. The van der Waals surface area contributed by atoms with Gasteiger partial charge in [0.25, 0.3) is 10.0 Å². The van der Waals surface area contributed by atoms with Crippen LogP contribution in [-0.4, -0.2) is 18.2 Å². The van der Waals surface area contributed by atoms with Gasteiger partial charge in [0.05, 0.1) is 6.54 Å². The van der Waals surface area contributed by atoms with Crippen LogP contribution in [0.25, 0.3) is 0 Å². The number of nitrogens with one attached hydrogen (secondary N) is 1. The van der Waals surface area contributed by atoms with Crippen molar-refractivity contribution in [1.29, 1.82) is 0 Å². The van der Waals surface area contributed by atoms with E-state index in [1.165, 1.54) is 10.7 Å². The van der Waals surface area contributed by atoms with Crippen LogP contribution in [0, 0.1) is 11.6 Å². The Kier molecular flexibility index (Phi) is 4.73. The number of anilines is 1. The van der Waals surface area contributed by atoms with E-state index in [0.29, 0.717) is 17.6 Å². The van der Waals surface area contributed by atoms with Crippen LogP contribution in [0.5, 0.6) is 0 Å². The van der Waals surface area contributed by atoms with Crippen molar-refractivity contribution < 1.29 is 17.2 Å². The Bertz CT molecular complexity index is 1020. The van der Waals surface area contributed by atoms with E-state index in [0.717, 1.165) is 17.7 Å². The van der Waals surface area contributed by atoms with Crippen LogP contribution in [0.15, 0.2) is 59.6 Å². The summed E-state index contributed by atoms with van der Waals surface area (Å²) in [5.74, 6) is -1.92. The standard InChI is InChI=1S/C16H12ClF2N3O2S/c17-13-4-2-1-3-11(13)10-22-8-7-16(20-22)21-25(23,24)15-9-12(18)5-6-14(15)19/h1-9H,10H2,(H,20,21). The second kappa shape index (κ2) is 6.81. The summed E-state index contributed by atoms with van der Waals surface area (Å²) in [7, 11) is -4.30. The largest absolute Gasteiger partial charge is 0.266 e. The minimum atomic E-state index is -4.30. The first kappa shape index (κ1) is 17.4. The molecule has 1 heterocycles. The lowest BCUT2D eigenvalue weighted by molar-refractivity contribution is 0.555. The summed E-state index contributed by atoms with van der Waals surface area (Å²) in [4.78, 5) is -0.784. The van der Waals surface area contributed by atoms with Crippen molar-refractivity contribution in [1.82, 2.24) is 9.78 Å². The number of aromatic nitrogens is 2. The van der Waals surface area contributed by atoms with Gasteiger partial charge < -0.3 is 0 Å². The third-order valence-electron chi connectivity index (χ3n) is 3.35. The van der Waals surface area contributed by atoms with Crippen LogP contribution in [0.2, 0.25) is 5.02 Å². The quantitative estimate of drug-likeness (QED) is 0.731. The minimum absolute atomic E-state index is 0.0179. The number of benzene rings is 2. The molecule has 2 aromatic carbocycles. The molecule has 0 aliphatic rings. The first-order chi connectivity index (χ1) is 11.8. The van der Waals surface area contributed by atoms with Crippen LogP contribution in [0.4, 0.5) is 14.6 Å². The molecule has 0 aliphatic heterocycles. The summed E-state index contributed by atoms with van der Waals surface area (Å²) in [6.45, 7) is 0.329. The van der Waals surface area contributed by atoms with Crippen molar-refractivity contribution in [2.75, 3.05) is 4.72 Å². The summed E-state index contributed by atoms with van der Waals surface area (Å²) < 4.78 is 54.9. The third-order valence-corrected chi connectivity index (χ3v) is 5.09. The molecule has 3 rings (SSSR count). The van der Waals surface area contributed by atoms with Crippen LogP contribution in [-0.2, 0) is 16.6 Å². The Morgan fingerprint density at radius 1 is 1.12 bits per heavy atom. The topological polar surface area (TPSA) is 64.0 Å². The highest BCUT2D eigenvalue weighted by molar-refractivity contribution is 7.92. The van der Waals surface area contributed by atoms with Crippen LogP contribution in [0.1, 0.15) is 5.56 Å². The number of hydrogen-bond donors (Lipinski definition) is 1. The Balaban J connectivity index is 1.81. The zero-order chi connectivity index (χ0) is 18.0. The molecule has 0 radical (unpaired) electrons. The zero-order valence-corrected chi connectivity index (χ0v) is 14.2. The Hall–Kier alpha value is -2.45. The lowest BCUT2D eigenvalue weighted by Crippen LogP contribution is -2.15. The van der Waals surface area contributed by atoms with Crippen LogP contribution < -0.4 is 4.72 Å². The molecule has 5 nitrogen and oxygen atoms in total. The normalized spacial score (nSPS) is 11.5. The van der Waals surface area contributed by atoms with Crippen molar-refractivity contribution in [2.24, 2.45) is 0 Å². The summed E-state index contributed by atoms with van der Waals surface area (Å²) >= 11 is 6.07. The van der Waals surface area contributed by atoms with Crippen molar-refractivity contribution in [3.05, 3.63) is 76.9 Å². The van der Waals surface area contributed by atoms with E-state index < -0.39 is 26.6 Å². The molecule has 0 aliphatic carbocycles. The van der Waals surface area contributed by atoms with Gasteiger partial charge in [0, 0.05) is 17.3 Å². The SMILES string of the molecule is O=S(=O)(Nc1ccn(Cc2ccccc2Cl)n1)c1cc(F)ccc1F. The molecule has 9 heteroatoms. The molecule has 25 heavy (non-hydrogen) atoms. The van der Waals surface area contributed by atoms with Crippen molar-refractivity contribution >= 4 is 27.4 Å². The second-order valence-corrected chi connectivity index (χ2v) is 7.23. The molecule has 0 saturated carbocycles. The van der Waals surface area contributed by atoms with Gasteiger partial charge in [-0.05, 0) is 29.8 Å². The molecule has 0 saturated heterocycles. The van der Waals surface area contributed by atoms with Crippen LogP contribution >= 0.6 is 11.6 Å². The molecule has 0 amide bonds. The highest BCUT2D eigenvalue weighted by atomic mass is 35.5. The van der Waals surface area contributed by atoms with Gasteiger partial charge in [0.15, 0.2) is 5.82 Å². The molecule has 0 fully saturated rings. The fourth-order valence-corrected chi connectivity index (χ4v) is 3.46. The molecule has 0 atom stereocenters. The van der Waals surface area contributed by atoms with Gasteiger partial charge in [0.2, 0.25) is 0 Å². The average molecular weight is 384 g/mol. The molecule has 0 unspecified atom stereocenters. The lowest BCUT2D eigenvalue weighted by atomic mass is 10.2. The van der Waals surface area contributed by atoms with Gasteiger partial charge in [-0.1, -0.05) is 29.8 Å². The van der Waals surface area contributed by atoms with E-state index in [4.69, 9.17) is 11.6 Å². The van der Waals surface area contributed by atoms with E-state index in [2.05, 4.69) is 9.82 Å². The molecule has 3 aromatic rings. The van der Waals surface area contributed by atoms with E-state index >= 15 is 0 Å². The van der Waals surface area contributed by atoms with E-state index in [-0.39, 0.29) is 5.82 Å². The molecule has 0 spiro atoms. The first-order valence-electron chi connectivity index (χ1n) is 7.10. The van der Waals surface area contributed by atoms with Gasteiger partial charge in [-0.3, -0.25) is 9.40 Å². The van der Waals surface area contributed by atoms with Gasteiger partial charge in [-0.15, -0.1) is 0 Å². The van der Waals surface area contributed by atoms with E-state index in [9.17, 15) is 17.2 Å². The van der Waals surface area contributed by atoms with Gasteiger partial charge in [-0.2, -0.15) is 5.10 Å². The molecule has 130 valence electrons. The maximum Gasteiger partial charge on any atom is 0.266 e. The molecule has 1 N–H and O–H groups in total. The van der Waals surface area contributed by atoms with Gasteiger partial charge in [-0.25, -0.2) is 17.2 Å². The van der Waals surface area contributed by atoms with Crippen molar-refractivity contribution in [3.63, 3.8) is 0 Å². The van der Waals surface area contributed by atoms with Crippen molar-refractivity contribution in [3.8, 4) is 0 Å². The average Bonchev–Trinajstić information content (AvgIpc) is 2.98. The first-order valence-corrected chi connectivity index (χ1v) is 8.96. The zero-order valence-electron chi connectivity index (χ0n) is 12.7. The molecule has 1 aromatic heterocycles. The summed E-state index contributed by atoms with van der Waals surface area (Å²) in [5.41, 5.74) is 0.804. The summed E-state index contributed by atoms with van der Waals surface area (Å²) in [6, 6.07) is 10.8. The predicted molar refractivity (Wildman–Crippen MR) is 89.9 cm³/mol. The lowest BCUT2D eigenvalue weighted by Gasteiger charge is -2.07. The number of sulfonamides is 1. The smallest absolute Gasteiger partial charge is 0.266 e. The monoisotopic (exact) mass is 383 g/mol. The summed E-state index contributed by atoms with van der Waals surface area (Å²) in [6.07, 6.45) is 1.54. The molecular weight excluding hydrogens is 372 g/mol. The number of halogens is 3. The highest BCUT2D eigenvalue weighted by Crippen LogP contribution is 2.20. The number of rotatable bonds is 5. The second-order valence-electron chi connectivity index (χ2n) is 5.17. The van der Waals surface area contributed by atoms with Crippen LogP contribution in [0.3, 0.4) is 0 Å².